The van der Waals surface area contributed by atoms with Gasteiger partial charge in [-0.1, -0.05) is 49.7 Å². The summed E-state index contributed by atoms with van der Waals surface area (Å²) < 4.78 is 5.23. The molecule has 2 aromatic rings. The van der Waals surface area contributed by atoms with Crippen LogP contribution in [0.4, 0.5) is 0 Å². The van der Waals surface area contributed by atoms with E-state index in [4.69, 9.17) is 4.74 Å². The molecule has 0 bridgehead atoms. The lowest BCUT2D eigenvalue weighted by atomic mass is 9.96. The third-order valence-corrected chi connectivity index (χ3v) is 4.42. The highest BCUT2D eigenvalue weighted by Crippen LogP contribution is 2.24. The number of ether oxygens (including phenoxy) is 1. The van der Waals surface area contributed by atoms with Crippen molar-refractivity contribution in [3.05, 3.63) is 64.7 Å². The molecule has 134 valence electrons. The number of carbonyl (C=O) groups excluding carboxylic acids is 1. The molecule has 3 nitrogen and oxygen atoms in total. The summed E-state index contributed by atoms with van der Waals surface area (Å²) >= 11 is 0. The van der Waals surface area contributed by atoms with E-state index in [-0.39, 0.29) is 11.9 Å². The quantitative estimate of drug-likeness (QED) is 0.790. The summed E-state index contributed by atoms with van der Waals surface area (Å²) in [5.41, 5.74) is 4.55. The molecule has 0 radical (unpaired) electrons. The van der Waals surface area contributed by atoms with Gasteiger partial charge in [0, 0.05) is 0 Å². The smallest absolute Gasteiger partial charge is 0.224 e. The highest BCUT2D eigenvalue weighted by atomic mass is 16.5. The first-order valence-electron chi connectivity index (χ1n) is 8.88. The van der Waals surface area contributed by atoms with E-state index in [9.17, 15) is 4.79 Å². The predicted octanol–water partition coefficient (Wildman–Crippen LogP) is 4.76. The van der Waals surface area contributed by atoms with E-state index in [0.717, 1.165) is 28.9 Å². The minimum absolute atomic E-state index is 0.0171. The number of nitrogens with one attached hydrogen (secondary N) is 1. The van der Waals surface area contributed by atoms with Crippen LogP contribution in [-0.2, 0) is 11.2 Å². The maximum atomic E-state index is 12.6. The van der Waals surface area contributed by atoms with Crippen LogP contribution >= 0.6 is 0 Å². The second-order valence-corrected chi connectivity index (χ2v) is 7.13. The summed E-state index contributed by atoms with van der Waals surface area (Å²) in [6, 6.07) is 14.2. The molecule has 0 fully saturated rings. The van der Waals surface area contributed by atoms with Crippen molar-refractivity contribution >= 4 is 5.91 Å². The van der Waals surface area contributed by atoms with Crippen molar-refractivity contribution in [3.8, 4) is 5.75 Å². The Bertz CT molecular complexity index is 704. The zero-order valence-electron chi connectivity index (χ0n) is 15.9. The van der Waals surface area contributed by atoms with Crippen LogP contribution in [0.1, 0.15) is 48.6 Å². The molecular weight excluding hydrogens is 310 g/mol. The van der Waals surface area contributed by atoms with E-state index in [1.165, 1.54) is 5.56 Å². The van der Waals surface area contributed by atoms with E-state index in [1.807, 2.05) is 24.3 Å². The van der Waals surface area contributed by atoms with Crippen LogP contribution in [0.2, 0.25) is 0 Å². The van der Waals surface area contributed by atoms with Crippen molar-refractivity contribution in [2.24, 2.45) is 5.92 Å². The molecule has 3 heteroatoms. The Labute approximate surface area is 151 Å². The van der Waals surface area contributed by atoms with E-state index in [0.29, 0.717) is 12.3 Å². The normalized spacial score (nSPS) is 12.1. The molecule has 1 atom stereocenters. The molecule has 2 rings (SSSR count). The van der Waals surface area contributed by atoms with Gasteiger partial charge in [0.1, 0.15) is 5.75 Å². The Balaban J connectivity index is 2.12. The van der Waals surface area contributed by atoms with Gasteiger partial charge in [0.25, 0.3) is 0 Å². The molecule has 0 heterocycles. The van der Waals surface area contributed by atoms with Gasteiger partial charge < -0.3 is 10.1 Å². The maximum Gasteiger partial charge on any atom is 0.224 e. The van der Waals surface area contributed by atoms with Gasteiger partial charge in [-0.15, -0.1) is 0 Å². The maximum absolute atomic E-state index is 12.6. The average molecular weight is 339 g/mol. The highest BCUT2D eigenvalue weighted by Gasteiger charge is 2.17. The van der Waals surface area contributed by atoms with Gasteiger partial charge in [0.05, 0.1) is 19.6 Å². The first-order valence-corrected chi connectivity index (χ1v) is 8.88. The summed E-state index contributed by atoms with van der Waals surface area (Å²) in [5, 5.41) is 3.22. The van der Waals surface area contributed by atoms with Crippen molar-refractivity contribution < 1.29 is 9.53 Å². The van der Waals surface area contributed by atoms with Crippen LogP contribution < -0.4 is 10.1 Å². The second kappa shape index (κ2) is 8.70. The van der Waals surface area contributed by atoms with Crippen LogP contribution in [0.25, 0.3) is 0 Å². The Hall–Kier alpha value is -2.29. The fourth-order valence-corrected chi connectivity index (χ4v) is 3.00. The fourth-order valence-electron chi connectivity index (χ4n) is 3.00. The molecule has 2 aromatic carbocycles. The monoisotopic (exact) mass is 339 g/mol. The topological polar surface area (TPSA) is 38.3 Å². The van der Waals surface area contributed by atoms with Crippen LogP contribution in [0.15, 0.2) is 42.5 Å². The Morgan fingerprint density at radius 3 is 2.36 bits per heavy atom. The van der Waals surface area contributed by atoms with E-state index >= 15 is 0 Å². The van der Waals surface area contributed by atoms with Gasteiger partial charge in [-0.05, 0) is 55.0 Å². The summed E-state index contributed by atoms with van der Waals surface area (Å²) in [4.78, 5) is 12.6. The minimum Gasteiger partial charge on any atom is -0.497 e. The lowest BCUT2D eigenvalue weighted by Crippen LogP contribution is -2.31. The van der Waals surface area contributed by atoms with E-state index < -0.39 is 0 Å². The fraction of sp³-hybridized carbons (Fsp3) is 0.409. The Morgan fingerprint density at radius 1 is 1.08 bits per heavy atom. The number of hydrogen-bond donors (Lipinski definition) is 1. The lowest BCUT2D eigenvalue weighted by molar-refractivity contribution is -0.121. The van der Waals surface area contributed by atoms with Crippen LogP contribution in [0.3, 0.4) is 0 Å². The standard InChI is InChI=1S/C22H29NO2/c1-15(2)12-21(18-8-10-20(25-5)11-9-18)23-22(24)14-19-13-16(3)6-7-17(19)4/h6-11,13,15,21H,12,14H2,1-5H3,(H,23,24)/t21-/m0/s1. The number of methoxy groups -OCH3 is 1. The first-order chi connectivity index (χ1) is 11.9. The molecule has 0 saturated carbocycles. The molecule has 0 aliphatic heterocycles. The molecule has 1 amide bonds. The summed E-state index contributed by atoms with van der Waals surface area (Å²) in [6.45, 7) is 8.46. The molecule has 25 heavy (non-hydrogen) atoms. The summed E-state index contributed by atoms with van der Waals surface area (Å²) in [7, 11) is 1.66. The summed E-state index contributed by atoms with van der Waals surface area (Å²) in [5.74, 6) is 1.39. The molecule has 0 aliphatic carbocycles. The SMILES string of the molecule is COc1ccc([C@H](CC(C)C)NC(=O)Cc2cc(C)ccc2C)cc1. The van der Waals surface area contributed by atoms with Gasteiger partial charge in [-0.25, -0.2) is 0 Å². The zero-order chi connectivity index (χ0) is 18.4. The van der Waals surface area contributed by atoms with E-state index in [1.54, 1.807) is 7.11 Å². The number of rotatable bonds is 7. The van der Waals surface area contributed by atoms with Gasteiger partial charge in [-0.3, -0.25) is 4.79 Å². The zero-order valence-corrected chi connectivity index (χ0v) is 15.9. The predicted molar refractivity (Wildman–Crippen MR) is 103 cm³/mol. The minimum atomic E-state index is 0.0171. The van der Waals surface area contributed by atoms with Crippen molar-refractivity contribution in [1.29, 1.82) is 0 Å². The van der Waals surface area contributed by atoms with Crippen LogP contribution in [-0.4, -0.2) is 13.0 Å². The van der Waals surface area contributed by atoms with Gasteiger partial charge in [-0.2, -0.15) is 0 Å². The molecular formula is C22H29NO2. The second-order valence-electron chi connectivity index (χ2n) is 7.13. The molecule has 0 aromatic heterocycles. The summed E-state index contributed by atoms with van der Waals surface area (Å²) in [6.07, 6.45) is 1.32. The Morgan fingerprint density at radius 2 is 1.76 bits per heavy atom. The Kier molecular flexibility index (Phi) is 6.63. The number of carbonyl (C=O) groups is 1. The van der Waals surface area contributed by atoms with Gasteiger partial charge >= 0.3 is 0 Å². The van der Waals surface area contributed by atoms with Crippen molar-refractivity contribution in [3.63, 3.8) is 0 Å². The first kappa shape index (κ1) is 19.0. The van der Waals surface area contributed by atoms with Crippen molar-refractivity contribution in [1.82, 2.24) is 5.32 Å². The van der Waals surface area contributed by atoms with Gasteiger partial charge in [0.15, 0.2) is 0 Å². The number of benzene rings is 2. The lowest BCUT2D eigenvalue weighted by Gasteiger charge is -2.22. The average Bonchev–Trinajstić information content (AvgIpc) is 2.57. The largest absolute Gasteiger partial charge is 0.497 e. The molecule has 0 aliphatic rings. The molecule has 1 N–H and O–H groups in total. The third kappa shape index (κ3) is 5.63. The van der Waals surface area contributed by atoms with Crippen molar-refractivity contribution in [2.45, 2.75) is 46.6 Å². The molecule has 0 spiro atoms. The number of hydrogen-bond acceptors (Lipinski definition) is 2. The highest BCUT2D eigenvalue weighted by molar-refractivity contribution is 5.79. The number of aryl methyl sites for hydroxylation is 2. The van der Waals surface area contributed by atoms with Crippen LogP contribution in [0.5, 0.6) is 5.75 Å². The van der Waals surface area contributed by atoms with Crippen LogP contribution in [0, 0.1) is 19.8 Å². The third-order valence-electron chi connectivity index (χ3n) is 4.42. The van der Waals surface area contributed by atoms with Crippen molar-refractivity contribution in [2.75, 3.05) is 7.11 Å². The molecule has 0 unspecified atom stereocenters. The number of amides is 1. The molecule has 0 saturated heterocycles. The van der Waals surface area contributed by atoms with Gasteiger partial charge in [0.2, 0.25) is 5.91 Å². The van der Waals surface area contributed by atoms with E-state index in [2.05, 4.69) is 51.2 Å².